The number of carbonyl (C=O) groups excluding carboxylic acids is 2. The molecular weight excluding hydrogens is 686 g/mol. The Hall–Kier alpha value is -3.82. The standard InChI is InChI=1S/C24H11F16NO5/c25-17(15(42)45-16(43)44-9-14-12-7-3-1-5-10(12)11-6-2-4-8-13(11)14)19(26,27)20(28,46-40)24(38,39)41(17)18(21(29,30)31,22(32,33)34)23(35,36)37/h1-8,14H,9H2/t17-,20-/m1/s1. The van der Waals surface area contributed by atoms with Gasteiger partial charge in [-0.2, -0.15) is 66.4 Å². The number of rotatable bonds is 5. The molecule has 1 heterocycles. The number of hydrogen-bond acceptors (Lipinski definition) is 6. The number of likely N-dealkylation sites (tertiary alicyclic amines) is 1. The first-order valence-electron chi connectivity index (χ1n) is 11.8. The minimum Gasteiger partial charge on any atom is -0.433 e. The van der Waals surface area contributed by atoms with Crippen molar-refractivity contribution in [3.8, 4) is 11.1 Å². The first kappa shape index (κ1) is 35.0. The van der Waals surface area contributed by atoms with Gasteiger partial charge in [0.25, 0.3) is 0 Å². The van der Waals surface area contributed by atoms with Gasteiger partial charge in [0, 0.05) is 5.92 Å². The van der Waals surface area contributed by atoms with E-state index in [9.17, 15) is 75.6 Å². The van der Waals surface area contributed by atoms with Crippen LogP contribution in [0.3, 0.4) is 0 Å². The molecule has 254 valence electrons. The highest BCUT2D eigenvalue weighted by Gasteiger charge is 3.04. The molecule has 0 amide bonds. The first-order valence-corrected chi connectivity index (χ1v) is 11.8. The monoisotopic (exact) mass is 697 g/mol. The van der Waals surface area contributed by atoms with Crippen molar-refractivity contribution in [3.63, 3.8) is 0 Å². The second kappa shape index (κ2) is 10.3. The number of ether oxygens (including phenoxy) is 2. The van der Waals surface area contributed by atoms with E-state index in [1.165, 1.54) is 29.2 Å². The lowest BCUT2D eigenvalue weighted by Crippen LogP contribution is -2.82. The van der Waals surface area contributed by atoms with Crippen molar-refractivity contribution in [3.05, 3.63) is 59.7 Å². The largest absolute Gasteiger partial charge is 0.516 e. The van der Waals surface area contributed by atoms with E-state index in [4.69, 9.17) is 0 Å². The molecule has 0 unspecified atom stereocenters. The summed E-state index contributed by atoms with van der Waals surface area (Å²) in [5.74, 6) is -28.5. The lowest BCUT2D eigenvalue weighted by molar-refractivity contribution is -0.474. The zero-order chi connectivity index (χ0) is 35.1. The van der Waals surface area contributed by atoms with Gasteiger partial charge in [0.2, 0.25) is 0 Å². The molecule has 46 heavy (non-hydrogen) atoms. The van der Waals surface area contributed by atoms with E-state index >= 15 is 4.39 Å². The van der Waals surface area contributed by atoms with Crippen molar-refractivity contribution >= 4 is 12.1 Å². The minimum absolute atomic E-state index is 0.338. The van der Waals surface area contributed by atoms with Crippen LogP contribution in [0.2, 0.25) is 0 Å². The minimum atomic E-state index is -8.62. The van der Waals surface area contributed by atoms with Crippen LogP contribution in [0.15, 0.2) is 48.5 Å². The molecule has 1 aliphatic heterocycles. The number of hydrogen-bond donors (Lipinski definition) is 0. The molecule has 1 aliphatic carbocycles. The zero-order valence-electron chi connectivity index (χ0n) is 21.4. The first-order chi connectivity index (χ1) is 20.8. The third-order valence-corrected chi connectivity index (χ3v) is 7.25. The predicted octanol–water partition coefficient (Wildman–Crippen LogP) is 7.68. The van der Waals surface area contributed by atoms with Gasteiger partial charge in [0.05, 0.1) is 0 Å². The summed E-state index contributed by atoms with van der Waals surface area (Å²) in [6.45, 7) is -1.06. The average Bonchev–Trinajstić information content (AvgIpc) is 3.28. The number of carbonyl (C=O) groups is 2. The van der Waals surface area contributed by atoms with Crippen LogP contribution in [0.25, 0.3) is 11.1 Å². The molecule has 0 spiro atoms. The molecule has 0 saturated carbocycles. The molecule has 1 fully saturated rings. The van der Waals surface area contributed by atoms with Gasteiger partial charge in [0.15, 0.2) is 0 Å². The average molecular weight is 697 g/mol. The number of alkyl halides is 15. The SMILES string of the molecule is O=C(OCC1c2ccccc2-c2ccccc21)OC(=O)[C@@]1(F)N(C(C(F)(F)F)(C(F)(F)F)C(F)(F)F)C(F)(F)[C@](F)(OF)C1(F)F. The summed E-state index contributed by atoms with van der Waals surface area (Å²) in [5, 5.41) is 0. The van der Waals surface area contributed by atoms with Crippen molar-refractivity contribution in [2.24, 2.45) is 0 Å². The number of fused-ring (bicyclic) bond motifs is 3. The Morgan fingerprint density at radius 1 is 0.717 bits per heavy atom. The van der Waals surface area contributed by atoms with Gasteiger partial charge in [-0.05, 0) is 26.8 Å². The fourth-order valence-electron chi connectivity index (χ4n) is 5.26. The van der Waals surface area contributed by atoms with Gasteiger partial charge in [0.1, 0.15) is 6.61 Å². The maximum atomic E-state index is 15.7. The van der Waals surface area contributed by atoms with E-state index in [1.54, 1.807) is 24.3 Å². The van der Waals surface area contributed by atoms with E-state index in [-0.39, 0.29) is 0 Å². The molecule has 0 aromatic heterocycles. The molecule has 0 N–H and O–H groups in total. The molecule has 1 saturated heterocycles. The van der Waals surface area contributed by atoms with Gasteiger partial charge in [-0.15, -0.1) is 4.94 Å². The number of halogens is 16. The van der Waals surface area contributed by atoms with Gasteiger partial charge in [-0.1, -0.05) is 48.5 Å². The normalized spacial score (nSPS) is 24.8. The van der Waals surface area contributed by atoms with Crippen molar-refractivity contribution in [1.82, 2.24) is 4.90 Å². The van der Waals surface area contributed by atoms with E-state index in [0.717, 1.165) is 0 Å². The molecule has 2 atom stereocenters. The number of benzene rings is 2. The van der Waals surface area contributed by atoms with Gasteiger partial charge in [-0.25, -0.2) is 14.0 Å². The van der Waals surface area contributed by atoms with E-state index in [2.05, 4.69) is 9.47 Å². The Balaban J connectivity index is 1.80. The lowest BCUT2D eigenvalue weighted by atomic mass is 9.91. The molecule has 2 aliphatic rings. The van der Waals surface area contributed by atoms with Crippen molar-refractivity contribution in [2.75, 3.05) is 6.61 Å². The number of esters is 1. The molecule has 0 radical (unpaired) electrons. The maximum absolute atomic E-state index is 15.7. The van der Waals surface area contributed by atoms with Crippen LogP contribution in [-0.2, 0) is 19.2 Å². The quantitative estimate of drug-likeness (QED) is 0.138. The summed E-state index contributed by atoms with van der Waals surface area (Å²) >= 11 is 0. The fraction of sp³-hybridized carbons (Fsp3) is 0.417. The van der Waals surface area contributed by atoms with Crippen molar-refractivity contribution in [1.29, 1.82) is 0 Å². The molecule has 6 nitrogen and oxygen atoms in total. The number of nitrogens with zero attached hydrogens (tertiary/aromatic N) is 1. The Morgan fingerprint density at radius 3 is 1.52 bits per heavy atom. The Bertz CT molecular complexity index is 1460. The van der Waals surface area contributed by atoms with Crippen LogP contribution in [0.4, 0.5) is 75.2 Å². The van der Waals surface area contributed by atoms with E-state index in [1.807, 2.05) is 0 Å². The summed E-state index contributed by atoms with van der Waals surface area (Å²) in [6, 6.07) is 3.93. The predicted molar refractivity (Wildman–Crippen MR) is 114 cm³/mol. The summed E-state index contributed by atoms with van der Waals surface area (Å²) in [6.07, 6.45) is -28.1. The van der Waals surface area contributed by atoms with E-state index < -0.39 is 77.2 Å². The molecule has 2 aromatic carbocycles. The smallest absolute Gasteiger partial charge is 0.433 e. The van der Waals surface area contributed by atoms with E-state index in [0.29, 0.717) is 22.3 Å². The molecule has 0 bridgehead atoms. The Morgan fingerprint density at radius 2 is 1.13 bits per heavy atom. The summed E-state index contributed by atoms with van der Waals surface area (Å²) in [7, 11) is 0. The van der Waals surface area contributed by atoms with Crippen LogP contribution < -0.4 is 0 Å². The van der Waals surface area contributed by atoms with Crippen LogP contribution in [0, 0.1) is 0 Å². The second-order valence-electron chi connectivity index (χ2n) is 9.63. The van der Waals surface area contributed by atoms with Crippen molar-refractivity contribution in [2.45, 2.75) is 53.6 Å². The topological polar surface area (TPSA) is 65.1 Å². The highest BCUT2D eigenvalue weighted by Crippen LogP contribution is 2.70. The van der Waals surface area contributed by atoms with Gasteiger partial charge < -0.3 is 9.47 Å². The van der Waals surface area contributed by atoms with Crippen LogP contribution >= 0.6 is 0 Å². The fourth-order valence-corrected chi connectivity index (χ4v) is 5.26. The second-order valence-corrected chi connectivity index (χ2v) is 9.63. The third-order valence-electron chi connectivity index (χ3n) is 7.25. The summed E-state index contributed by atoms with van der Waals surface area (Å²) in [4.78, 5) is 21.5. The Kier molecular flexibility index (Phi) is 7.88. The molecular formula is C24H11F16NO5. The summed E-state index contributed by atoms with van der Waals surface area (Å²) < 4.78 is 232. The Labute approximate surface area is 243 Å². The zero-order valence-corrected chi connectivity index (χ0v) is 21.4. The van der Waals surface area contributed by atoms with Crippen molar-refractivity contribution < 1.29 is 94.4 Å². The molecule has 2 aromatic rings. The summed E-state index contributed by atoms with van der Waals surface area (Å²) in [5.41, 5.74) is -6.95. The lowest BCUT2D eigenvalue weighted by Gasteiger charge is -2.48. The van der Waals surface area contributed by atoms with Crippen LogP contribution in [0.5, 0.6) is 0 Å². The van der Waals surface area contributed by atoms with Crippen LogP contribution in [-0.4, -0.2) is 71.3 Å². The molecule has 4 rings (SSSR count). The highest BCUT2D eigenvalue weighted by atomic mass is 19.4. The maximum Gasteiger partial charge on any atom is 0.516 e. The van der Waals surface area contributed by atoms with Gasteiger partial charge >= 0.3 is 59.8 Å². The third kappa shape index (κ3) is 4.27. The van der Waals surface area contributed by atoms with Crippen LogP contribution in [0.1, 0.15) is 17.0 Å². The highest BCUT2D eigenvalue weighted by molar-refractivity contribution is 5.90. The molecule has 22 heteroatoms. The van der Waals surface area contributed by atoms with Gasteiger partial charge in [-0.3, -0.25) is 0 Å².